The van der Waals surface area contributed by atoms with Crippen LogP contribution in [0.25, 0.3) is 0 Å². The number of amides is 3. The van der Waals surface area contributed by atoms with Crippen LogP contribution in [0.5, 0.6) is 0 Å². The summed E-state index contributed by atoms with van der Waals surface area (Å²) in [5, 5.41) is 4.94. The lowest BCUT2D eigenvalue weighted by Gasteiger charge is -2.34. The Labute approximate surface area is 152 Å². The lowest BCUT2D eigenvalue weighted by atomic mass is 9.96. The minimum atomic E-state index is -0.147. The number of hydrogen-bond donors (Lipinski definition) is 1. The SMILES string of the molecule is CN(C(=O)C1CCCN(C(=O)NCc2cccs2)C1)c1ccccc1. The molecule has 2 heterocycles. The standard InChI is InChI=1S/C19H23N3O2S/c1-21(16-8-3-2-4-9-16)18(23)15-7-5-11-22(14-15)19(24)20-13-17-10-6-12-25-17/h2-4,6,8-10,12,15H,5,7,11,13-14H2,1H3,(H,20,24). The first kappa shape index (κ1) is 17.5. The summed E-state index contributed by atoms with van der Waals surface area (Å²) in [6, 6.07) is 13.5. The molecule has 1 aromatic carbocycles. The first-order chi connectivity index (χ1) is 12.1. The Hall–Kier alpha value is -2.34. The van der Waals surface area contributed by atoms with E-state index in [-0.39, 0.29) is 17.9 Å². The van der Waals surface area contributed by atoms with Gasteiger partial charge in [0.25, 0.3) is 0 Å². The molecule has 132 valence electrons. The molecule has 3 rings (SSSR count). The Morgan fingerprint density at radius 3 is 2.76 bits per heavy atom. The van der Waals surface area contributed by atoms with Gasteiger partial charge in [-0.3, -0.25) is 4.79 Å². The number of rotatable bonds is 4. The molecule has 5 nitrogen and oxygen atoms in total. The van der Waals surface area contributed by atoms with Crippen LogP contribution >= 0.6 is 11.3 Å². The number of hydrogen-bond acceptors (Lipinski definition) is 3. The van der Waals surface area contributed by atoms with E-state index in [4.69, 9.17) is 0 Å². The number of para-hydroxylation sites is 1. The average molecular weight is 357 g/mol. The molecule has 2 aromatic rings. The molecule has 3 amide bonds. The molecule has 1 N–H and O–H groups in total. The van der Waals surface area contributed by atoms with Crippen molar-refractivity contribution in [3.63, 3.8) is 0 Å². The normalized spacial score (nSPS) is 17.2. The van der Waals surface area contributed by atoms with Crippen molar-refractivity contribution in [2.75, 3.05) is 25.0 Å². The summed E-state index contributed by atoms with van der Waals surface area (Å²) in [4.78, 5) is 29.8. The Morgan fingerprint density at radius 1 is 1.24 bits per heavy atom. The van der Waals surface area contributed by atoms with Crippen molar-refractivity contribution < 1.29 is 9.59 Å². The van der Waals surface area contributed by atoms with Crippen LogP contribution in [0.4, 0.5) is 10.5 Å². The van der Waals surface area contributed by atoms with Gasteiger partial charge in [0.2, 0.25) is 5.91 Å². The molecule has 1 atom stereocenters. The summed E-state index contributed by atoms with van der Waals surface area (Å²) in [6.45, 7) is 1.72. The van der Waals surface area contributed by atoms with Crippen molar-refractivity contribution in [2.24, 2.45) is 5.92 Å². The van der Waals surface area contributed by atoms with Gasteiger partial charge in [-0.05, 0) is 36.4 Å². The maximum absolute atomic E-state index is 12.8. The smallest absolute Gasteiger partial charge is 0.317 e. The molecule has 6 heteroatoms. The van der Waals surface area contributed by atoms with Crippen molar-refractivity contribution in [3.8, 4) is 0 Å². The minimum Gasteiger partial charge on any atom is -0.333 e. The van der Waals surface area contributed by atoms with Gasteiger partial charge in [-0.2, -0.15) is 0 Å². The van der Waals surface area contributed by atoms with E-state index in [0.717, 1.165) is 23.4 Å². The van der Waals surface area contributed by atoms with Gasteiger partial charge in [0.05, 0.1) is 12.5 Å². The van der Waals surface area contributed by atoms with Gasteiger partial charge in [0.15, 0.2) is 0 Å². The van der Waals surface area contributed by atoms with Gasteiger partial charge < -0.3 is 15.1 Å². The molecule has 0 saturated carbocycles. The minimum absolute atomic E-state index is 0.0713. The van der Waals surface area contributed by atoms with Crippen molar-refractivity contribution in [1.82, 2.24) is 10.2 Å². The molecule has 1 saturated heterocycles. The fraction of sp³-hybridized carbons (Fsp3) is 0.368. The summed E-state index contributed by atoms with van der Waals surface area (Å²) in [6.07, 6.45) is 1.68. The van der Waals surface area contributed by atoms with Crippen LogP contribution < -0.4 is 10.2 Å². The number of piperidine rings is 1. The highest BCUT2D eigenvalue weighted by atomic mass is 32.1. The van der Waals surface area contributed by atoms with Gasteiger partial charge in [0, 0.05) is 30.7 Å². The topological polar surface area (TPSA) is 52.7 Å². The predicted molar refractivity (Wildman–Crippen MR) is 101 cm³/mol. The Kier molecular flexibility index (Phi) is 5.71. The number of carbonyl (C=O) groups excluding carboxylic acids is 2. The third-order valence-electron chi connectivity index (χ3n) is 4.53. The molecule has 0 bridgehead atoms. The zero-order chi connectivity index (χ0) is 17.6. The monoisotopic (exact) mass is 357 g/mol. The van der Waals surface area contributed by atoms with E-state index >= 15 is 0 Å². The number of nitrogens with one attached hydrogen (secondary N) is 1. The molecule has 1 aliphatic heterocycles. The van der Waals surface area contributed by atoms with Crippen molar-refractivity contribution >= 4 is 29.0 Å². The fourth-order valence-electron chi connectivity index (χ4n) is 3.10. The average Bonchev–Trinajstić information content (AvgIpc) is 3.19. The second-order valence-corrected chi connectivity index (χ2v) is 7.29. The number of likely N-dealkylation sites (tertiary alicyclic amines) is 1. The van der Waals surface area contributed by atoms with Crippen LogP contribution in [-0.4, -0.2) is 37.0 Å². The summed E-state index contributed by atoms with van der Waals surface area (Å²) in [5.41, 5.74) is 0.881. The largest absolute Gasteiger partial charge is 0.333 e. The van der Waals surface area contributed by atoms with Gasteiger partial charge in [-0.15, -0.1) is 11.3 Å². The zero-order valence-electron chi connectivity index (χ0n) is 14.4. The van der Waals surface area contributed by atoms with Gasteiger partial charge in [-0.25, -0.2) is 4.79 Å². The Balaban J connectivity index is 1.56. The molecular formula is C19H23N3O2S. The quantitative estimate of drug-likeness (QED) is 0.912. The van der Waals surface area contributed by atoms with Crippen LogP contribution in [0.15, 0.2) is 47.8 Å². The molecule has 1 aliphatic rings. The maximum atomic E-state index is 12.8. The highest BCUT2D eigenvalue weighted by Crippen LogP contribution is 2.22. The van der Waals surface area contributed by atoms with Crippen molar-refractivity contribution in [2.45, 2.75) is 19.4 Å². The predicted octanol–water partition coefficient (Wildman–Crippen LogP) is 3.33. The summed E-state index contributed by atoms with van der Waals surface area (Å²) in [7, 11) is 1.80. The van der Waals surface area contributed by atoms with E-state index in [0.29, 0.717) is 19.6 Å². The Morgan fingerprint density at radius 2 is 2.04 bits per heavy atom. The second kappa shape index (κ2) is 8.16. The number of urea groups is 1. The molecule has 1 aromatic heterocycles. The summed E-state index contributed by atoms with van der Waals surface area (Å²) in [5.74, 6) is -0.0756. The lowest BCUT2D eigenvalue weighted by molar-refractivity contribution is -0.123. The van der Waals surface area contributed by atoms with Gasteiger partial charge in [-0.1, -0.05) is 24.3 Å². The van der Waals surface area contributed by atoms with Crippen molar-refractivity contribution in [3.05, 3.63) is 52.7 Å². The number of thiophene rings is 1. The van der Waals surface area contributed by atoms with Crippen LogP contribution in [-0.2, 0) is 11.3 Å². The molecule has 0 spiro atoms. The van der Waals surface area contributed by atoms with E-state index < -0.39 is 0 Å². The van der Waals surface area contributed by atoms with Gasteiger partial charge in [0.1, 0.15) is 0 Å². The van der Waals surface area contributed by atoms with E-state index in [1.807, 2.05) is 47.8 Å². The number of anilines is 1. The maximum Gasteiger partial charge on any atom is 0.317 e. The molecule has 1 fully saturated rings. The summed E-state index contributed by atoms with van der Waals surface area (Å²) >= 11 is 1.62. The molecule has 0 aliphatic carbocycles. The second-order valence-electron chi connectivity index (χ2n) is 6.26. The van der Waals surface area contributed by atoms with Crippen LogP contribution in [0.2, 0.25) is 0 Å². The summed E-state index contributed by atoms with van der Waals surface area (Å²) < 4.78 is 0. The third kappa shape index (κ3) is 4.39. The van der Waals surface area contributed by atoms with E-state index in [9.17, 15) is 9.59 Å². The number of benzene rings is 1. The van der Waals surface area contributed by atoms with Crippen LogP contribution in [0.1, 0.15) is 17.7 Å². The lowest BCUT2D eigenvalue weighted by Crippen LogP contribution is -2.49. The number of carbonyl (C=O) groups is 2. The van der Waals surface area contributed by atoms with E-state index in [2.05, 4.69) is 5.32 Å². The Bertz CT molecular complexity index is 703. The molecule has 1 unspecified atom stereocenters. The highest BCUT2D eigenvalue weighted by molar-refractivity contribution is 7.09. The molecular weight excluding hydrogens is 334 g/mol. The third-order valence-corrected chi connectivity index (χ3v) is 5.40. The number of nitrogens with zero attached hydrogens (tertiary/aromatic N) is 2. The molecule has 0 radical (unpaired) electrons. The zero-order valence-corrected chi connectivity index (χ0v) is 15.2. The van der Waals surface area contributed by atoms with E-state index in [1.54, 1.807) is 28.2 Å². The fourth-order valence-corrected chi connectivity index (χ4v) is 3.75. The van der Waals surface area contributed by atoms with Crippen molar-refractivity contribution in [1.29, 1.82) is 0 Å². The first-order valence-electron chi connectivity index (χ1n) is 8.53. The highest BCUT2D eigenvalue weighted by Gasteiger charge is 2.30. The van der Waals surface area contributed by atoms with E-state index in [1.165, 1.54) is 0 Å². The first-order valence-corrected chi connectivity index (χ1v) is 9.41. The van der Waals surface area contributed by atoms with Crippen LogP contribution in [0.3, 0.4) is 0 Å². The molecule has 25 heavy (non-hydrogen) atoms. The van der Waals surface area contributed by atoms with Crippen LogP contribution in [0, 0.1) is 5.92 Å². The van der Waals surface area contributed by atoms with Gasteiger partial charge >= 0.3 is 6.03 Å².